The van der Waals surface area contributed by atoms with Crippen LogP contribution in [0.1, 0.15) is 31.2 Å². The van der Waals surface area contributed by atoms with Gasteiger partial charge in [-0.25, -0.2) is 0 Å². The number of hydrogen-bond donors (Lipinski definition) is 2. The van der Waals surface area contributed by atoms with E-state index in [1.54, 1.807) is 6.20 Å². The van der Waals surface area contributed by atoms with Crippen LogP contribution < -0.4 is 5.32 Å². The van der Waals surface area contributed by atoms with Gasteiger partial charge in [0, 0.05) is 24.6 Å². The monoisotopic (exact) mass is 248 g/mol. The summed E-state index contributed by atoms with van der Waals surface area (Å²) in [6, 6.07) is 1.98. The maximum absolute atomic E-state index is 10.9. The molecule has 0 unspecified atom stereocenters. The molecule has 1 aromatic rings. The molecule has 0 bridgehead atoms. The minimum atomic E-state index is -0.633. The van der Waals surface area contributed by atoms with Crippen molar-refractivity contribution >= 4 is 11.7 Å². The molecule has 0 saturated heterocycles. The second kappa shape index (κ2) is 5.85. The summed E-state index contributed by atoms with van der Waals surface area (Å²) in [5.41, 5.74) is 2.28. The maximum atomic E-state index is 10.9. The highest BCUT2D eigenvalue weighted by Gasteiger charge is 2.25. The Labute approximate surface area is 107 Å². The molecule has 0 aromatic carbocycles. The van der Waals surface area contributed by atoms with Gasteiger partial charge in [-0.3, -0.25) is 9.78 Å². The van der Waals surface area contributed by atoms with E-state index < -0.39 is 5.97 Å². The van der Waals surface area contributed by atoms with Gasteiger partial charge in [0.1, 0.15) is 0 Å². The first-order chi connectivity index (χ1) is 8.66. The quantitative estimate of drug-likeness (QED) is 0.860. The third-order valence-electron chi connectivity index (χ3n) is 3.80. The van der Waals surface area contributed by atoms with Gasteiger partial charge in [-0.15, -0.1) is 0 Å². The Morgan fingerprint density at radius 1 is 1.44 bits per heavy atom. The standard InChI is InChI=1S/C14H20N2O2/c1-10-8-15-7-6-13(10)16-9-11-2-4-12(5-3-11)14(17)18/h6-8,11-12H,2-5,9H2,1H3,(H,15,16)(H,17,18). The molecule has 4 heteroatoms. The zero-order chi connectivity index (χ0) is 13.0. The molecule has 0 radical (unpaired) electrons. The Morgan fingerprint density at radius 3 is 2.78 bits per heavy atom. The van der Waals surface area contributed by atoms with Crippen LogP contribution in [0.2, 0.25) is 0 Å². The Morgan fingerprint density at radius 2 is 2.17 bits per heavy atom. The number of carboxylic acid groups (broad SMARTS) is 1. The topological polar surface area (TPSA) is 62.2 Å². The zero-order valence-electron chi connectivity index (χ0n) is 10.7. The lowest BCUT2D eigenvalue weighted by Gasteiger charge is -2.26. The van der Waals surface area contributed by atoms with Gasteiger partial charge in [0.15, 0.2) is 0 Å². The summed E-state index contributed by atoms with van der Waals surface area (Å²) in [6.45, 7) is 2.97. The summed E-state index contributed by atoms with van der Waals surface area (Å²) in [5, 5.41) is 12.4. The molecular formula is C14H20N2O2. The number of carboxylic acids is 1. The van der Waals surface area contributed by atoms with Crippen molar-refractivity contribution in [3.8, 4) is 0 Å². The summed E-state index contributed by atoms with van der Waals surface area (Å²) in [7, 11) is 0. The molecule has 4 nitrogen and oxygen atoms in total. The van der Waals surface area contributed by atoms with Crippen molar-refractivity contribution in [2.24, 2.45) is 11.8 Å². The first-order valence-corrected chi connectivity index (χ1v) is 6.54. The average Bonchev–Trinajstić information content (AvgIpc) is 2.38. The Kier molecular flexibility index (Phi) is 4.18. The van der Waals surface area contributed by atoms with Gasteiger partial charge in [0.2, 0.25) is 0 Å². The van der Waals surface area contributed by atoms with Crippen molar-refractivity contribution in [1.29, 1.82) is 0 Å². The number of carbonyl (C=O) groups is 1. The average molecular weight is 248 g/mol. The van der Waals surface area contributed by atoms with Crippen LogP contribution in [0.4, 0.5) is 5.69 Å². The lowest BCUT2D eigenvalue weighted by atomic mass is 9.82. The summed E-state index contributed by atoms with van der Waals surface area (Å²) in [5.74, 6) is -0.163. The van der Waals surface area contributed by atoms with E-state index in [9.17, 15) is 4.79 Å². The molecule has 1 fully saturated rings. The lowest BCUT2D eigenvalue weighted by Crippen LogP contribution is -2.25. The van der Waals surface area contributed by atoms with Crippen molar-refractivity contribution in [1.82, 2.24) is 4.98 Å². The van der Waals surface area contributed by atoms with Gasteiger partial charge in [0.25, 0.3) is 0 Å². The normalized spacial score (nSPS) is 23.6. The van der Waals surface area contributed by atoms with Crippen LogP contribution in [0.5, 0.6) is 0 Å². The molecule has 0 spiro atoms. The number of aromatic nitrogens is 1. The molecule has 1 heterocycles. The van der Waals surface area contributed by atoms with Crippen LogP contribution >= 0.6 is 0 Å². The Balaban J connectivity index is 1.79. The van der Waals surface area contributed by atoms with Gasteiger partial charge >= 0.3 is 5.97 Å². The number of aryl methyl sites for hydroxylation is 1. The van der Waals surface area contributed by atoms with E-state index in [2.05, 4.69) is 10.3 Å². The fraction of sp³-hybridized carbons (Fsp3) is 0.571. The molecule has 1 saturated carbocycles. The zero-order valence-corrected chi connectivity index (χ0v) is 10.7. The fourth-order valence-corrected chi connectivity index (χ4v) is 2.54. The van der Waals surface area contributed by atoms with Gasteiger partial charge in [-0.05, 0) is 50.2 Å². The van der Waals surface area contributed by atoms with Crippen molar-refractivity contribution in [2.45, 2.75) is 32.6 Å². The molecular weight excluding hydrogens is 228 g/mol. The number of pyridine rings is 1. The van der Waals surface area contributed by atoms with Crippen molar-refractivity contribution < 1.29 is 9.90 Å². The van der Waals surface area contributed by atoms with E-state index in [1.165, 1.54) is 0 Å². The summed E-state index contributed by atoms with van der Waals surface area (Å²) >= 11 is 0. The van der Waals surface area contributed by atoms with E-state index in [0.29, 0.717) is 5.92 Å². The molecule has 0 amide bonds. The molecule has 1 aromatic heterocycles. The van der Waals surface area contributed by atoms with Crippen molar-refractivity contribution in [3.05, 3.63) is 24.0 Å². The van der Waals surface area contributed by atoms with Crippen LogP contribution in [0.25, 0.3) is 0 Å². The van der Waals surface area contributed by atoms with E-state index in [0.717, 1.165) is 43.5 Å². The predicted molar refractivity (Wildman–Crippen MR) is 70.5 cm³/mol. The third-order valence-corrected chi connectivity index (χ3v) is 3.80. The second-order valence-electron chi connectivity index (χ2n) is 5.13. The van der Waals surface area contributed by atoms with Gasteiger partial charge in [-0.1, -0.05) is 0 Å². The first-order valence-electron chi connectivity index (χ1n) is 6.54. The molecule has 1 aliphatic carbocycles. The number of rotatable bonds is 4. The molecule has 1 aliphatic rings. The number of hydrogen-bond acceptors (Lipinski definition) is 3. The Bertz CT molecular complexity index is 412. The fourth-order valence-electron chi connectivity index (χ4n) is 2.54. The van der Waals surface area contributed by atoms with Crippen LogP contribution in [-0.2, 0) is 4.79 Å². The summed E-state index contributed by atoms with van der Waals surface area (Å²) < 4.78 is 0. The molecule has 18 heavy (non-hydrogen) atoms. The molecule has 2 N–H and O–H groups in total. The van der Waals surface area contributed by atoms with Crippen LogP contribution in [-0.4, -0.2) is 22.6 Å². The molecule has 98 valence electrons. The Hall–Kier alpha value is -1.58. The smallest absolute Gasteiger partial charge is 0.306 e. The van der Waals surface area contributed by atoms with E-state index >= 15 is 0 Å². The summed E-state index contributed by atoms with van der Waals surface area (Å²) in [4.78, 5) is 14.9. The largest absolute Gasteiger partial charge is 0.481 e. The predicted octanol–water partition coefficient (Wildman–Crippen LogP) is 2.69. The second-order valence-corrected chi connectivity index (χ2v) is 5.13. The SMILES string of the molecule is Cc1cnccc1NCC1CCC(C(=O)O)CC1. The molecule has 0 atom stereocenters. The minimum Gasteiger partial charge on any atom is -0.481 e. The highest BCUT2D eigenvalue weighted by atomic mass is 16.4. The first kappa shape index (κ1) is 12.9. The lowest BCUT2D eigenvalue weighted by molar-refractivity contribution is -0.143. The van der Waals surface area contributed by atoms with E-state index in [-0.39, 0.29) is 5.92 Å². The van der Waals surface area contributed by atoms with E-state index in [1.807, 2.05) is 19.2 Å². The maximum Gasteiger partial charge on any atom is 0.306 e. The molecule has 2 rings (SSSR count). The minimum absolute atomic E-state index is 0.121. The third kappa shape index (κ3) is 3.22. The van der Waals surface area contributed by atoms with Gasteiger partial charge in [0.05, 0.1) is 5.92 Å². The van der Waals surface area contributed by atoms with Gasteiger partial charge in [-0.2, -0.15) is 0 Å². The summed E-state index contributed by atoms with van der Waals surface area (Å²) in [6.07, 6.45) is 7.29. The molecule has 0 aliphatic heterocycles. The number of aliphatic carboxylic acids is 1. The van der Waals surface area contributed by atoms with Crippen LogP contribution in [0.3, 0.4) is 0 Å². The number of nitrogens with zero attached hydrogens (tertiary/aromatic N) is 1. The van der Waals surface area contributed by atoms with Crippen molar-refractivity contribution in [2.75, 3.05) is 11.9 Å². The van der Waals surface area contributed by atoms with Crippen LogP contribution in [0.15, 0.2) is 18.5 Å². The highest BCUT2D eigenvalue weighted by Crippen LogP contribution is 2.29. The van der Waals surface area contributed by atoms with Crippen LogP contribution in [0, 0.1) is 18.8 Å². The highest BCUT2D eigenvalue weighted by molar-refractivity contribution is 5.70. The van der Waals surface area contributed by atoms with Crippen molar-refractivity contribution in [3.63, 3.8) is 0 Å². The van der Waals surface area contributed by atoms with E-state index in [4.69, 9.17) is 5.11 Å². The number of anilines is 1. The van der Waals surface area contributed by atoms with Gasteiger partial charge < -0.3 is 10.4 Å². The number of nitrogens with one attached hydrogen (secondary N) is 1.